The number of carbonyl (C=O) groups excluding carboxylic acids is 2. The van der Waals surface area contributed by atoms with E-state index in [0.717, 1.165) is 50.2 Å². The summed E-state index contributed by atoms with van der Waals surface area (Å²) in [6.07, 6.45) is 2.82. The van der Waals surface area contributed by atoms with Crippen molar-refractivity contribution in [3.05, 3.63) is 52.6 Å². The molecule has 0 spiro atoms. The fourth-order valence-electron chi connectivity index (χ4n) is 4.01. The number of rotatable bonds is 4. The number of hydrogen-bond acceptors (Lipinski definition) is 4. The van der Waals surface area contributed by atoms with Gasteiger partial charge in [-0.2, -0.15) is 0 Å². The summed E-state index contributed by atoms with van der Waals surface area (Å²) in [5.74, 6) is 0.164. The van der Waals surface area contributed by atoms with Crippen LogP contribution in [0.3, 0.4) is 0 Å². The molecule has 2 aliphatic rings. The first-order valence-corrected chi connectivity index (χ1v) is 10.4. The van der Waals surface area contributed by atoms with Gasteiger partial charge in [0, 0.05) is 39.3 Å². The zero-order chi connectivity index (χ0) is 20.4. The van der Waals surface area contributed by atoms with Crippen LogP contribution in [-0.4, -0.2) is 64.4 Å². The lowest BCUT2D eigenvalue weighted by Gasteiger charge is -2.32. The van der Waals surface area contributed by atoms with Gasteiger partial charge in [-0.25, -0.2) is 4.98 Å². The van der Waals surface area contributed by atoms with E-state index in [1.165, 1.54) is 5.56 Å². The fourth-order valence-corrected chi connectivity index (χ4v) is 4.01. The highest BCUT2D eigenvalue weighted by Gasteiger charge is 2.30. The molecule has 0 aliphatic carbocycles. The quantitative estimate of drug-likeness (QED) is 0.858. The van der Waals surface area contributed by atoms with Crippen molar-refractivity contribution in [2.45, 2.75) is 39.3 Å². The van der Waals surface area contributed by atoms with Crippen molar-refractivity contribution < 1.29 is 9.59 Å². The van der Waals surface area contributed by atoms with E-state index in [1.54, 1.807) is 0 Å². The first-order chi connectivity index (χ1) is 14.0. The third-order valence-corrected chi connectivity index (χ3v) is 5.89. The molecule has 29 heavy (non-hydrogen) atoms. The van der Waals surface area contributed by atoms with Gasteiger partial charge in [-0.3, -0.25) is 9.59 Å². The Bertz CT molecular complexity index is 895. The largest absolute Gasteiger partial charge is 0.347 e. The summed E-state index contributed by atoms with van der Waals surface area (Å²) in [5, 5.41) is 2.98. The molecule has 4 rings (SSSR count). The number of amides is 2. The molecule has 0 bridgehead atoms. The molecule has 2 aromatic rings. The molecule has 1 aromatic carbocycles. The summed E-state index contributed by atoms with van der Waals surface area (Å²) in [7, 11) is 2.07. The van der Waals surface area contributed by atoms with Crippen molar-refractivity contribution in [3.63, 3.8) is 0 Å². The second-order valence-corrected chi connectivity index (χ2v) is 8.10. The number of likely N-dealkylation sites (N-methyl/N-ethyl adjacent to an activating group) is 1. The van der Waals surface area contributed by atoms with Crippen molar-refractivity contribution in [2.24, 2.45) is 0 Å². The fraction of sp³-hybridized carbons (Fsp3) is 0.500. The number of imidazole rings is 1. The number of aryl methyl sites for hydroxylation is 1. The first-order valence-electron chi connectivity index (χ1n) is 10.4. The Morgan fingerprint density at radius 3 is 2.48 bits per heavy atom. The Hall–Kier alpha value is -2.67. The summed E-state index contributed by atoms with van der Waals surface area (Å²) < 4.78 is 1.98. The lowest BCUT2D eigenvalue weighted by Crippen LogP contribution is -2.47. The molecule has 1 N–H and O–H groups in total. The SMILES string of the molecule is Cc1ccc(CNC(=O)c2nc(C(=O)N3CCN(C)CC3)n3c2CCCC3)cc1. The molecule has 1 fully saturated rings. The highest BCUT2D eigenvalue weighted by molar-refractivity contribution is 5.97. The maximum absolute atomic E-state index is 13.1. The molecule has 1 saturated heterocycles. The average molecular weight is 396 g/mol. The Balaban J connectivity index is 1.53. The number of aromatic nitrogens is 2. The standard InChI is InChI=1S/C22H29N5O2/c1-16-6-8-17(9-7-16)15-23-21(28)19-18-5-3-4-10-27(18)20(24-19)22(29)26-13-11-25(2)12-14-26/h6-9H,3-5,10-15H2,1-2H3,(H,23,28). The first kappa shape index (κ1) is 19.6. The Morgan fingerprint density at radius 1 is 1.03 bits per heavy atom. The molecule has 2 amide bonds. The van der Waals surface area contributed by atoms with E-state index in [-0.39, 0.29) is 11.8 Å². The normalized spacial score (nSPS) is 17.1. The van der Waals surface area contributed by atoms with Crippen molar-refractivity contribution in [1.29, 1.82) is 0 Å². The minimum Gasteiger partial charge on any atom is -0.347 e. The summed E-state index contributed by atoms with van der Waals surface area (Å²) in [6.45, 7) is 6.37. The second kappa shape index (κ2) is 8.37. The number of carbonyl (C=O) groups is 2. The lowest BCUT2D eigenvalue weighted by molar-refractivity contribution is 0.0645. The predicted molar refractivity (Wildman–Crippen MR) is 111 cm³/mol. The number of hydrogen-bond donors (Lipinski definition) is 1. The molecule has 0 unspecified atom stereocenters. The van der Waals surface area contributed by atoms with Crippen LogP contribution >= 0.6 is 0 Å². The van der Waals surface area contributed by atoms with Gasteiger partial charge in [-0.15, -0.1) is 0 Å². The maximum Gasteiger partial charge on any atom is 0.289 e. The summed E-state index contributed by atoms with van der Waals surface area (Å²) in [6, 6.07) is 8.10. The van der Waals surface area contributed by atoms with Crippen LogP contribution in [-0.2, 0) is 19.5 Å². The Kier molecular flexibility index (Phi) is 5.67. The molecule has 7 heteroatoms. The van der Waals surface area contributed by atoms with Crippen LogP contribution in [0.15, 0.2) is 24.3 Å². The molecule has 3 heterocycles. The van der Waals surface area contributed by atoms with Crippen LogP contribution < -0.4 is 5.32 Å². The topological polar surface area (TPSA) is 70.5 Å². The van der Waals surface area contributed by atoms with E-state index in [4.69, 9.17) is 0 Å². The van der Waals surface area contributed by atoms with Gasteiger partial charge in [-0.05, 0) is 38.8 Å². The van der Waals surface area contributed by atoms with Gasteiger partial charge in [0.1, 0.15) is 5.69 Å². The number of nitrogens with one attached hydrogen (secondary N) is 1. The van der Waals surface area contributed by atoms with Crippen LogP contribution in [0.5, 0.6) is 0 Å². The summed E-state index contributed by atoms with van der Waals surface area (Å²) in [5.41, 5.74) is 3.55. The van der Waals surface area contributed by atoms with E-state index in [0.29, 0.717) is 31.2 Å². The Labute approximate surface area is 171 Å². The molecule has 1 aromatic heterocycles. The van der Waals surface area contributed by atoms with E-state index in [2.05, 4.69) is 22.2 Å². The van der Waals surface area contributed by atoms with Gasteiger partial charge in [0.05, 0.1) is 5.69 Å². The van der Waals surface area contributed by atoms with Gasteiger partial charge >= 0.3 is 0 Å². The molecule has 7 nitrogen and oxygen atoms in total. The predicted octanol–water partition coefficient (Wildman–Crippen LogP) is 1.85. The number of nitrogens with zero attached hydrogens (tertiary/aromatic N) is 4. The van der Waals surface area contributed by atoms with Gasteiger partial charge in [0.25, 0.3) is 11.8 Å². The van der Waals surface area contributed by atoms with E-state index in [9.17, 15) is 9.59 Å². The third kappa shape index (κ3) is 4.19. The number of benzene rings is 1. The second-order valence-electron chi connectivity index (χ2n) is 8.10. The van der Waals surface area contributed by atoms with Crippen LogP contribution in [0.4, 0.5) is 0 Å². The molecule has 2 aliphatic heterocycles. The highest BCUT2D eigenvalue weighted by Crippen LogP contribution is 2.22. The Morgan fingerprint density at radius 2 is 1.76 bits per heavy atom. The van der Waals surface area contributed by atoms with Crippen molar-refractivity contribution >= 4 is 11.8 Å². The van der Waals surface area contributed by atoms with E-state index in [1.807, 2.05) is 40.7 Å². The zero-order valence-electron chi connectivity index (χ0n) is 17.3. The van der Waals surface area contributed by atoms with Crippen molar-refractivity contribution in [1.82, 2.24) is 24.7 Å². The van der Waals surface area contributed by atoms with Crippen LogP contribution in [0.2, 0.25) is 0 Å². The molecule has 0 atom stereocenters. The third-order valence-electron chi connectivity index (χ3n) is 5.89. The van der Waals surface area contributed by atoms with Crippen LogP contribution in [0.1, 0.15) is 50.8 Å². The monoisotopic (exact) mass is 395 g/mol. The number of fused-ring (bicyclic) bond motifs is 1. The maximum atomic E-state index is 13.1. The molecular weight excluding hydrogens is 366 g/mol. The van der Waals surface area contributed by atoms with E-state index >= 15 is 0 Å². The van der Waals surface area contributed by atoms with Gasteiger partial charge < -0.3 is 19.7 Å². The molecule has 154 valence electrons. The van der Waals surface area contributed by atoms with Crippen LogP contribution in [0, 0.1) is 6.92 Å². The molecular formula is C22H29N5O2. The van der Waals surface area contributed by atoms with Gasteiger partial charge in [0.2, 0.25) is 0 Å². The average Bonchev–Trinajstić information content (AvgIpc) is 3.13. The molecule has 0 saturated carbocycles. The highest BCUT2D eigenvalue weighted by atomic mass is 16.2. The number of piperazine rings is 1. The van der Waals surface area contributed by atoms with Gasteiger partial charge in [0.15, 0.2) is 5.82 Å². The van der Waals surface area contributed by atoms with Gasteiger partial charge in [-0.1, -0.05) is 29.8 Å². The lowest BCUT2D eigenvalue weighted by atomic mass is 10.1. The van der Waals surface area contributed by atoms with Crippen molar-refractivity contribution in [3.8, 4) is 0 Å². The minimum absolute atomic E-state index is 0.0566. The van der Waals surface area contributed by atoms with E-state index < -0.39 is 0 Å². The van der Waals surface area contributed by atoms with Crippen molar-refractivity contribution in [2.75, 3.05) is 33.2 Å². The smallest absolute Gasteiger partial charge is 0.289 e. The van der Waals surface area contributed by atoms with Crippen LogP contribution in [0.25, 0.3) is 0 Å². The molecule has 0 radical (unpaired) electrons. The minimum atomic E-state index is -0.200. The summed E-state index contributed by atoms with van der Waals surface area (Å²) in [4.78, 5) is 34.6. The summed E-state index contributed by atoms with van der Waals surface area (Å²) >= 11 is 0. The zero-order valence-corrected chi connectivity index (χ0v) is 17.3.